The Kier molecular flexibility index (Phi) is 14.5. The second-order valence-corrected chi connectivity index (χ2v) is 8.57. The summed E-state index contributed by atoms with van der Waals surface area (Å²) in [6, 6.07) is 0. The van der Waals surface area contributed by atoms with Crippen LogP contribution in [0.5, 0.6) is 0 Å². The van der Waals surface area contributed by atoms with Gasteiger partial charge in [0.15, 0.2) is 0 Å². The highest BCUT2D eigenvalue weighted by Crippen LogP contribution is 2.53. The van der Waals surface area contributed by atoms with Crippen LogP contribution >= 0.6 is 33.4 Å². The molecule has 4 unspecified atom stereocenters. The van der Waals surface area contributed by atoms with Crippen LogP contribution in [-0.4, -0.2) is 12.0 Å². The summed E-state index contributed by atoms with van der Waals surface area (Å²) in [5.74, 6) is 0.580. The molecule has 0 aliphatic rings. The number of phosphoric ester groups is 1. The number of thiol groups is 2. The minimum Gasteiger partial charge on any atom is -0.286 e. The first-order valence-electron chi connectivity index (χ1n) is 8.90. The molecule has 0 fully saturated rings. The summed E-state index contributed by atoms with van der Waals surface area (Å²) in [7, 11) is -3.67. The van der Waals surface area contributed by atoms with E-state index in [1.54, 1.807) is 0 Å². The van der Waals surface area contributed by atoms with Gasteiger partial charge in [0.2, 0.25) is 0 Å². The Balaban J connectivity index is 4.53. The zero-order valence-corrected chi connectivity index (χ0v) is 17.8. The van der Waals surface area contributed by atoms with Crippen LogP contribution in [0, 0.1) is 11.8 Å². The van der Waals surface area contributed by atoms with Gasteiger partial charge in [0, 0.05) is 0 Å². The molecule has 0 aliphatic heterocycles. The van der Waals surface area contributed by atoms with Crippen molar-refractivity contribution < 1.29 is 17.6 Å². The van der Waals surface area contributed by atoms with Crippen molar-refractivity contribution in [3.05, 3.63) is 0 Å². The standard InChI is InChI=1S/C16H35O4PS2/c1-5-9-11-14(7-3)13-18-21(17,20-23)19-16(22)15(8-4)12-10-6-2/h14-16,22-23H,5-13H2,1-4H3. The third kappa shape index (κ3) is 10.4. The lowest BCUT2D eigenvalue weighted by atomic mass is 10.0. The summed E-state index contributed by atoms with van der Waals surface area (Å²) < 4.78 is 28.4. The predicted molar refractivity (Wildman–Crippen MR) is 104 cm³/mol. The monoisotopic (exact) mass is 386 g/mol. The third-order valence-corrected chi connectivity index (χ3v) is 6.65. The van der Waals surface area contributed by atoms with Crippen molar-refractivity contribution in [2.75, 3.05) is 6.61 Å². The third-order valence-electron chi connectivity index (χ3n) is 4.20. The Morgan fingerprint density at radius 3 is 2.09 bits per heavy atom. The topological polar surface area (TPSA) is 44.8 Å². The lowest BCUT2D eigenvalue weighted by Gasteiger charge is -2.26. The summed E-state index contributed by atoms with van der Waals surface area (Å²) in [4.78, 5) is 0. The maximum absolute atomic E-state index is 12.6. The second kappa shape index (κ2) is 14.0. The highest BCUT2D eigenvalue weighted by Gasteiger charge is 2.32. The van der Waals surface area contributed by atoms with E-state index in [0.717, 1.165) is 51.4 Å². The van der Waals surface area contributed by atoms with Crippen LogP contribution in [0.15, 0.2) is 0 Å². The molecule has 0 saturated heterocycles. The van der Waals surface area contributed by atoms with Crippen LogP contribution < -0.4 is 0 Å². The van der Waals surface area contributed by atoms with Crippen molar-refractivity contribution in [1.29, 1.82) is 0 Å². The van der Waals surface area contributed by atoms with Gasteiger partial charge in [0.1, 0.15) is 5.44 Å². The van der Waals surface area contributed by atoms with Gasteiger partial charge < -0.3 is 0 Å². The Labute approximate surface area is 154 Å². The Hall–Kier alpha value is 0.810. The molecule has 140 valence electrons. The van der Waals surface area contributed by atoms with Crippen molar-refractivity contribution in [1.82, 2.24) is 0 Å². The molecule has 7 heteroatoms. The van der Waals surface area contributed by atoms with E-state index in [-0.39, 0.29) is 5.92 Å². The predicted octanol–water partition coefficient (Wildman–Crippen LogP) is 6.68. The summed E-state index contributed by atoms with van der Waals surface area (Å²) in [6.45, 7) is 8.85. The number of rotatable bonds is 15. The fourth-order valence-corrected chi connectivity index (χ4v) is 4.34. The molecule has 4 nitrogen and oxygen atoms in total. The SMILES string of the molecule is CCCCC(CC)COP(=O)(OS)OC(S)C(CC)CCCC. The number of hydrogen-bond donors (Lipinski definition) is 2. The summed E-state index contributed by atoms with van der Waals surface area (Å²) in [5.41, 5.74) is -0.472. The van der Waals surface area contributed by atoms with Gasteiger partial charge >= 0.3 is 7.82 Å². The molecule has 0 heterocycles. The van der Waals surface area contributed by atoms with Crippen LogP contribution in [0.25, 0.3) is 0 Å². The molecule has 0 radical (unpaired) electrons. The normalized spacial score (nSPS) is 18.3. The molecule has 0 N–H and O–H groups in total. The van der Waals surface area contributed by atoms with Gasteiger partial charge in [-0.05, 0) is 44.0 Å². The molecule has 0 rings (SSSR count). The maximum atomic E-state index is 12.6. The fraction of sp³-hybridized carbons (Fsp3) is 1.00. The van der Waals surface area contributed by atoms with Gasteiger partial charge in [-0.3, -0.25) is 9.05 Å². The maximum Gasteiger partial charge on any atom is 0.486 e. The summed E-state index contributed by atoms with van der Waals surface area (Å²) in [5, 5.41) is 0. The molecular weight excluding hydrogens is 351 g/mol. The van der Waals surface area contributed by atoms with Crippen molar-refractivity contribution in [2.24, 2.45) is 11.8 Å². The summed E-state index contributed by atoms with van der Waals surface area (Å²) in [6.07, 6.45) is 8.42. The number of unbranched alkanes of at least 4 members (excludes halogenated alkanes) is 2. The molecule has 4 atom stereocenters. The Morgan fingerprint density at radius 1 is 1.00 bits per heavy atom. The lowest BCUT2D eigenvalue weighted by Crippen LogP contribution is -2.18. The molecule has 23 heavy (non-hydrogen) atoms. The molecule has 0 aromatic carbocycles. The van der Waals surface area contributed by atoms with Crippen molar-refractivity contribution in [2.45, 2.75) is 84.5 Å². The Bertz CT molecular complexity index is 331. The van der Waals surface area contributed by atoms with E-state index in [9.17, 15) is 4.57 Å². The van der Waals surface area contributed by atoms with E-state index in [1.165, 1.54) is 0 Å². The first kappa shape index (κ1) is 23.8. The molecule has 0 aromatic heterocycles. The second-order valence-electron chi connectivity index (χ2n) is 6.05. The van der Waals surface area contributed by atoms with Crippen LogP contribution in [-0.2, 0) is 17.6 Å². The van der Waals surface area contributed by atoms with Crippen molar-refractivity contribution >= 4 is 33.4 Å². The van der Waals surface area contributed by atoms with E-state index in [2.05, 4.69) is 53.2 Å². The molecule has 0 bridgehead atoms. The van der Waals surface area contributed by atoms with Gasteiger partial charge in [-0.1, -0.05) is 59.8 Å². The van der Waals surface area contributed by atoms with Crippen LogP contribution in [0.4, 0.5) is 0 Å². The van der Waals surface area contributed by atoms with Gasteiger partial charge in [-0.15, -0.1) is 12.6 Å². The van der Waals surface area contributed by atoms with Crippen molar-refractivity contribution in [3.8, 4) is 0 Å². The first-order chi connectivity index (χ1) is 11.0. The number of phosphoric acid groups is 1. The average molecular weight is 387 g/mol. The summed E-state index contributed by atoms with van der Waals surface area (Å²) >= 11 is 8.16. The molecule has 0 spiro atoms. The molecular formula is C16H35O4PS2. The van der Waals surface area contributed by atoms with Crippen molar-refractivity contribution in [3.63, 3.8) is 0 Å². The molecule has 0 aromatic rings. The van der Waals surface area contributed by atoms with E-state index in [4.69, 9.17) is 13.0 Å². The Morgan fingerprint density at radius 2 is 1.61 bits per heavy atom. The lowest BCUT2D eigenvalue weighted by molar-refractivity contribution is 0.107. The van der Waals surface area contributed by atoms with E-state index >= 15 is 0 Å². The van der Waals surface area contributed by atoms with E-state index < -0.39 is 13.3 Å². The number of hydrogen-bond acceptors (Lipinski definition) is 6. The minimum atomic E-state index is -3.67. The highest BCUT2D eigenvalue weighted by atomic mass is 32.1. The molecule has 0 aliphatic carbocycles. The zero-order valence-electron chi connectivity index (χ0n) is 15.1. The highest BCUT2D eigenvalue weighted by molar-refractivity contribution is 7.82. The largest absolute Gasteiger partial charge is 0.486 e. The van der Waals surface area contributed by atoms with E-state index in [0.29, 0.717) is 12.5 Å². The van der Waals surface area contributed by atoms with Crippen LogP contribution in [0.3, 0.4) is 0 Å². The minimum absolute atomic E-state index is 0.223. The van der Waals surface area contributed by atoms with Gasteiger partial charge in [0.25, 0.3) is 0 Å². The van der Waals surface area contributed by atoms with E-state index in [1.807, 2.05) is 0 Å². The van der Waals surface area contributed by atoms with Gasteiger partial charge in [-0.25, -0.2) is 8.54 Å². The quantitative estimate of drug-likeness (QED) is 0.143. The average Bonchev–Trinajstić information content (AvgIpc) is 2.55. The van der Waals surface area contributed by atoms with Crippen LogP contribution in [0.1, 0.15) is 79.1 Å². The van der Waals surface area contributed by atoms with Gasteiger partial charge in [-0.2, -0.15) is 0 Å². The molecule has 0 amide bonds. The zero-order chi connectivity index (χ0) is 17.7. The van der Waals surface area contributed by atoms with Crippen LogP contribution in [0.2, 0.25) is 0 Å². The van der Waals surface area contributed by atoms with Gasteiger partial charge in [0.05, 0.1) is 6.61 Å². The molecule has 0 saturated carbocycles. The first-order valence-corrected chi connectivity index (χ1v) is 11.2. The smallest absolute Gasteiger partial charge is 0.286 e. The fourth-order valence-electron chi connectivity index (χ4n) is 2.40.